The standard InChI is InChI=1S/C16H13IO3/c17-14-7-8-15(13(10-14)6-9-16(18)19)20-11-12-4-2-1-3-5-12/h1-10H,11H2,(H,18,19). The van der Waals surface area contributed by atoms with E-state index in [1.54, 1.807) is 6.08 Å². The SMILES string of the molecule is O=C(O)C=Cc1cc(I)ccc1OCc1ccccc1. The number of halogens is 1. The quantitative estimate of drug-likeness (QED) is 0.631. The Balaban J connectivity index is 2.16. The highest BCUT2D eigenvalue weighted by molar-refractivity contribution is 14.1. The van der Waals surface area contributed by atoms with Crippen molar-refractivity contribution >= 4 is 34.6 Å². The average Bonchev–Trinajstić information content (AvgIpc) is 2.45. The van der Waals surface area contributed by atoms with Gasteiger partial charge in [-0.25, -0.2) is 4.79 Å². The average molecular weight is 380 g/mol. The second-order valence-electron chi connectivity index (χ2n) is 4.13. The van der Waals surface area contributed by atoms with Gasteiger partial charge in [0, 0.05) is 15.2 Å². The van der Waals surface area contributed by atoms with Crippen LogP contribution in [0.3, 0.4) is 0 Å². The molecule has 0 unspecified atom stereocenters. The van der Waals surface area contributed by atoms with Gasteiger partial charge in [0.1, 0.15) is 12.4 Å². The summed E-state index contributed by atoms with van der Waals surface area (Å²) in [7, 11) is 0. The van der Waals surface area contributed by atoms with Crippen LogP contribution in [0.25, 0.3) is 6.08 Å². The summed E-state index contributed by atoms with van der Waals surface area (Å²) in [4.78, 5) is 10.6. The first kappa shape index (κ1) is 14.6. The Morgan fingerprint density at radius 3 is 2.65 bits per heavy atom. The molecule has 102 valence electrons. The Labute approximate surface area is 131 Å². The highest BCUT2D eigenvalue weighted by atomic mass is 127. The molecule has 0 bridgehead atoms. The fraction of sp³-hybridized carbons (Fsp3) is 0.0625. The lowest BCUT2D eigenvalue weighted by atomic mass is 10.2. The zero-order valence-corrected chi connectivity index (χ0v) is 12.8. The molecule has 0 aliphatic carbocycles. The minimum atomic E-state index is -0.974. The van der Waals surface area contributed by atoms with Gasteiger partial charge >= 0.3 is 5.97 Å². The van der Waals surface area contributed by atoms with Crippen molar-refractivity contribution in [1.29, 1.82) is 0 Å². The van der Waals surface area contributed by atoms with Crippen molar-refractivity contribution in [2.75, 3.05) is 0 Å². The molecule has 3 nitrogen and oxygen atoms in total. The molecule has 0 amide bonds. The molecule has 20 heavy (non-hydrogen) atoms. The molecule has 0 fully saturated rings. The van der Waals surface area contributed by atoms with Gasteiger partial charge in [0.05, 0.1) is 0 Å². The molecule has 2 aromatic rings. The molecule has 0 saturated carbocycles. The van der Waals surface area contributed by atoms with Crippen molar-refractivity contribution in [1.82, 2.24) is 0 Å². The van der Waals surface area contributed by atoms with Crippen LogP contribution in [0, 0.1) is 3.57 Å². The Bertz CT molecular complexity index is 621. The fourth-order valence-electron chi connectivity index (χ4n) is 1.68. The van der Waals surface area contributed by atoms with Crippen LogP contribution in [0.2, 0.25) is 0 Å². The summed E-state index contributed by atoms with van der Waals surface area (Å²) >= 11 is 2.18. The van der Waals surface area contributed by atoms with E-state index in [0.29, 0.717) is 12.4 Å². The molecule has 0 spiro atoms. The summed E-state index contributed by atoms with van der Waals surface area (Å²) < 4.78 is 6.79. The maximum atomic E-state index is 10.6. The number of ether oxygens (including phenoxy) is 1. The zero-order valence-electron chi connectivity index (χ0n) is 10.6. The van der Waals surface area contributed by atoms with Gasteiger partial charge in [0.15, 0.2) is 0 Å². The molecule has 2 rings (SSSR count). The van der Waals surface area contributed by atoms with Crippen LogP contribution in [0.1, 0.15) is 11.1 Å². The van der Waals surface area contributed by atoms with Crippen LogP contribution in [0.15, 0.2) is 54.6 Å². The topological polar surface area (TPSA) is 46.5 Å². The number of carboxylic acids is 1. The number of carbonyl (C=O) groups is 1. The Morgan fingerprint density at radius 1 is 1.20 bits per heavy atom. The van der Waals surface area contributed by atoms with Gasteiger partial charge in [-0.15, -0.1) is 0 Å². The zero-order chi connectivity index (χ0) is 14.4. The monoisotopic (exact) mass is 380 g/mol. The Hall–Kier alpha value is -1.82. The first-order valence-electron chi connectivity index (χ1n) is 6.02. The number of carboxylic acid groups (broad SMARTS) is 1. The first-order valence-corrected chi connectivity index (χ1v) is 7.10. The smallest absolute Gasteiger partial charge is 0.328 e. The van der Waals surface area contributed by atoms with E-state index in [0.717, 1.165) is 20.8 Å². The molecule has 0 aliphatic heterocycles. The molecule has 2 aromatic carbocycles. The number of aliphatic carboxylic acids is 1. The minimum absolute atomic E-state index is 0.454. The predicted octanol–water partition coefficient (Wildman–Crippen LogP) is 3.97. The van der Waals surface area contributed by atoms with E-state index in [1.165, 1.54) is 0 Å². The molecule has 1 N–H and O–H groups in total. The second kappa shape index (κ2) is 7.09. The lowest BCUT2D eigenvalue weighted by Crippen LogP contribution is -1.97. The summed E-state index contributed by atoms with van der Waals surface area (Å²) in [6.07, 6.45) is 2.66. The molecular formula is C16H13IO3. The summed E-state index contributed by atoms with van der Waals surface area (Å²) in [5.74, 6) is -0.301. The van der Waals surface area contributed by atoms with E-state index < -0.39 is 5.97 Å². The van der Waals surface area contributed by atoms with Gasteiger partial charge in [0.2, 0.25) is 0 Å². The van der Waals surface area contributed by atoms with E-state index in [-0.39, 0.29) is 0 Å². The van der Waals surface area contributed by atoms with Crippen molar-refractivity contribution in [2.45, 2.75) is 6.61 Å². The van der Waals surface area contributed by atoms with E-state index in [1.807, 2.05) is 48.5 Å². The third-order valence-electron chi connectivity index (χ3n) is 2.61. The van der Waals surface area contributed by atoms with E-state index in [9.17, 15) is 4.79 Å². The maximum Gasteiger partial charge on any atom is 0.328 e. The lowest BCUT2D eigenvalue weighted by Gasteiger charge is -2.09. The molecule has 0 saturated heterocycles. The van der Waals surface area contributed by atoms with Crippen LogP contribution >= 0.6 is 22.6 Å². The van der Waals surface area contributed by atoms with Gasteiger partial charge in [-0.2, -0.15) is 0 Å². The van der Waals surface area contributed by atoms with E-state index >= 15 is 0 Å². The number of benzene rings is 2. The van der Waals surface area contributed by atoms with Crippen LogP contribution in [0.4, 0.5) is 0 Å². The van der Waals surface area contributed by atoms with Crippen molar-refractivity contribution in [3.05, 3.63) is 69.3 Å². The highest BCUT2D eigenvalue weighted by Gasteiger charge is 2.03. The van der Waals surface area contributed by atoms with Crippen molar-refractivity contribution in [2.24, 2.45) is 0 Å². The molecule has 0 heterocycles. The third kappa shape index (κ3) is 4.38. The summed E-state index contributed by atoms with van der Waals surface area (Å²) in [6, 6.07) is 15.5. The van der Waals surface area contributed by atoms with Crippen LogP contribution in [0.5, 0.6) is 5.75 Å². The normalized spacial score (nSPS) is 10.7. The fourth-order valence-corrected chi connectivity index (χ4v) is 2.19. The predicted molar refractivity (Wildman–Crippen MR) is 86.6 cm³/mol. The molecule has 0 aliphatic rings. The molecule has 0 atom stereocenters. The molecular weight excluding hydrogens is 367 g/mol. The van der Waals surface area contributed by atoms with E-state index in [4.69, 9.17) is 9.84 Å². The summed E-state index contributed by atoms with van der Waals surface area (Å²) in [5.41, 5.74) is 1.83. The number of hydrogen-bond donors (Lipinski definition) is 1. The second-order valence-corrected chi connectivity index (χ2v) is 5.37. The van der Waals surface area contributed by atoms with Gasteiger partial charge in [-0.05, 0) is 52.4 Å². The van der Waals surface area contributed by atoms with Crippen LogP contribution in [-0.4, -0.2) is 11.1 Å². The Kier molecular flexibility index (Phi) is 5.17. The summed E-state index contributed by atoms with van der Waals surface area (Å²) in [5, 5.41) is 8.71. The molecule has 0 radical (unpaired) electrons. The highest BCUT2D eigenvalue weighted by Crippen LogP contribution is 2.23. The number of hydrogen-bond acceptors (Lipinski definition) is 2. The lowest BCUT2D eigenvalue weighted by molar-refractivity contribution is -0.131. The van der Waals surface area contributed by atoms with Gasteiger partial charge < -0.3 is 9.84 Å². The maximum absolute atomic E-state index is 10.6. The number of rotatable bonds is 5. The van der Waals surface area contributed by atoms with Crippen molar-refractivity contribution in [3.8, 4) is 5.75 Å². The minimum Gasteiger partial charge on any atom is -0.488 e. The molecule has 0 aromatic heterocycles. The van der Waals surface area contributed by atoms with Gasteiger partial charge in [-0.1, -0.05) is 30.3 Å². The summed E-state index contributed by atoms with van der Waals surface area (Å²) in [6.45, 7) is 0.454. The van der Waals surface area contributed by atoms with Gasteiger partial charge in [0.25, 0.3) is 0 Å². The van der Waals surface area contributed by atoms with E-state index in [2.05, 4.69) is 22.6 Å². The largest absolute Gasteiger partial charge is 0.488 e. The van der Waals surface area contributed by atoms with Crippen LogP contribution in [-0.2, 0) is 11.4 Å². The van der Waals surface area contributed by atoms with Gasteiger partial charge in [-0.3, -0.25) is 0 Å². The van der Waals surface area contributed by atoms with Crippen LogP contribution < -0.4 is 4.74 Å². The third-order valence-corrected chi connectivity index (χ3v) is 3.29. The van der Waals surface area contributed by atoms with Crippen molar-refractivity contribution in [3.63, 3.8) is 0 Å². The first-order chi connectivity index (χ1) is 9.65. The molecule has 4 heteroatoms. The van der Waals surface area contributed by atoms with Crippen molar-refractivity contribution < 1.29 is 14.6 Å². The Morgan fingerprint density at radius 2 is 1.95 bits per heavy atom.